The van der Waals surface area contributed by atoms with Crippen LogP contribution in [-0.4, -0.2) is 4.57 Å². The van der Waals surface area contributed by atoms with Gasteiger partial charge < -0.3 is 4.57 Å². The minimum Gasteiger partial charge on any atom is -0.312 e. The highest BCUT2D eigenvalue weighted by molar-refractivity contribution is 6.31. The van der Waals surface area contributed by atoms with Gasteiger partial charge in [0, 0.05) is 22.6 Å². The molecule has 2 nitrogen and oxygen atoms in total. The van der Waals surface area contributed by atoms with Gasteiger partial charge in [-0.1, -0.05) is 17.7 Å². The molecule has 1 saturated carbocycles. The molecule has 0 aliphatic heterocycles. The molecule has 1 aliphatic carbocycles. The predicted octanol–water partition coefficient (Wildman–Crippen LogP) is 3.69. The fourth-order valence-electron chi connectivity index (χ4n) is 2.45. The lowest BCUT2D eigenvalue weighted by molar-refractivity contribution is 0.307. The van der Waals surface area contributed by atoms with Gasteiger partial charge in [-0.25, -0.2) is 0 Å². The summed E-state index contributed by atoms with van der Waals surface area (Å²) in [5, 5.41) is 2.37. The van der Waals surface area contributed by atoms with Gasteiger partial charge in [-0.2, -0.15) is 0 Å². The van der Waals surface area contributed by atoms with Crippen molar-refractivity contribution in [2.75, 3.05) is 0 Å². The Hall–Kier alpha value is -1.28. The van der Waals surface area contributed by atoms with E-state index in [9.17, 15) is 4.79 Å². The van der Waals surface area contributed by atoms with E-state index in [0.29, 0.717) is 11.1 Å². The van der Waals surface area contributed by atoms with Crippen molar-refractivity contribution in [1.82, 2.24) is 4.57 Å². The summed E-state index contributed by atoms with van der Waals surface area (Å²) in [7, 11) is 0. The van der Waals surface area contributed by atoms with Crippen molar-refractivity contribution < 1.29 is 0 Å². The Morgan fingerprint density at radius 2 is 2.06 bits per heavy atom. The van der Waals surface area contributed by atoms with Crippen molar-refractivity contribution in [2.45, 2.75) is 32.2 Å². The number of halogens is 1. The zero-order valence-corrected chi connectivity index (χ0v) is 10.5. The van der Waals surface area contributed by atoms with Gasteiger partial charge in [0.25, 0.3) is 5.56 Å². The van der Waals surface area contributed by atoms with E-state index in [-0.39, 0.29) is 5.56 Å². The van der Waals surface area contributed by atoms with Crippen molar-refractivity contribution in [3.63, 3.8) is 0 Å². The molecule has 0 bridgehead atoms. The highest BCUT2D eigenvalue weighted by Crippen LogP contribution is 2.31. The first-order valence-corrected chi connectivity index (χ1v) is 6.35. The van der Waals surface area contributed by atoms with Gasteiger partial charge in [0.2, 0.25) is 0 Å². The van der Waals surface area contributed by atoms with Crippen LogP contribution in [0.1, 0.15) is 30.9 Å². The van der Waals surface area contributed by atoms with Crippen LogP contribution in [0.4, 0.5) is 0 Å². The van der Waals surface area contributed by atoms with Gasteiger partial charge in [-0.15, -0.1) is 0 Å². The van der Waals surface area contributed by atoms with Gasteiger partial charge in [-0.05, 0) is 49.3 Å². The summed E-state index contributed by atoms with van der Waals surface area (Å²) in [6.45, 7) is 2.05. The van der Waals surface area contributed by atoms with Crippen molar-refractivity contribution in [2.24, 2.45) is 0 Å². The third-order valence-corrected chi connectivity index (χ3v) is 3.91. The molecular formula is C14H14ClNO. The standard InChI is InChI=1S/C14H14ClNO/c1-9-8-16(11-3-2-4-11)14(17)13-7-10(15)5-6-12(9)13/h5-8,11H,2-4H2,1H3. The van der Waals surface area contributed by atoms with E-state index in [4.69, 9.17) is 11.6 Å². The van der Waals surface area contributed by atoms with E-state index in [2.05, 4.69) is 0 Å². The summed E-state index contributed by atoms with van der Waals surface area (Å²) in [4.78, 5) is 12.4. The van der Waals surface area contributed by atoms with Crippen LogP contribution in [0.25, 0.3) is 10.8 Å². The number of pyridine rings is 1. The zero-order valence-electron chi connectivity index (χ0n) is 9.74. The van der Waals surface area contributed by atoms with Crippen LogP contribution < -0.4 is 5.56 Å². The SMILES string of the molecule is Cc1cn(C2CCC2)c(=O)c2cc(Cl)ccc12. The molecule has 88 valence electrons. The molecule has 0 saturated heterocycles. The summed E-state index contributed by atoms with van der Waals surface area (Å²) in [5.74, 6) is 0. The first-order valence-electron chi connectivity index (χ1n) is 5.98. The van der Waals surface area contributed by atoms with E-state index in [1.165, 1.54) is 6.42 Å². The quantitative estimate of drug-likeness (QED) is 0.753. The second-order valence-electron chi connectivity index (χ2n) is 4.80. The summed E-state index contributed by atoms with van der Waals surface area (Å²) < 4.78 is 1.89. The Morgan fingerprint density at radius 3 is 2.71 bits per heavy atom. The molecule has 0 atom stereocenters. The second kappa shape index (κ2) is 3.88. The van der Waals surface area contributed by atoms with E-state index in [1.807, 2.05) is 29.8 Å². The van der Waals surface area contributed by atoms with Crippen molar-refractivity contribution in [1.29, 1.82) is 0 Å². The Bertz CT molecular complexity index is 640. The van der Waals surface area contributed by atoms with Crippen LogP contribution in [0.2, 0.25) is 5.02 Å². The van der Waals surface area contributed by atoms with Gasteiger partial charge in [0.15, 0.2) is 0 Å². The van der Waals surface area contributed by atoms with Crippen LogP contribution in [0.15, 0.2) is 29.2 Å². The second-order valence-corrected chi connectivity index (χ2v) is 5.24. The third-order valence-electron chi connectivity index (χ3n) is 3.67. The number of aryl methyl sites for hydroxylation is 1. The average molecular weight is 248 g/mol. The fraction of sp³-hybridized carbons (Fsp3) is 0.357. The van der Waals surface area contributed by atoms with E-state index < -0.39 is 0 Å². The minimum atomic E-state index is 0.0952. The molecule has 2 aromatic rings. The Morgan fingerprint density at radius 1 is 1.29 bits per heavy atom. The van der Waals surface area contributed by atoms with Gasteiger partial charge in [0.05, 0.1) is 0 Å². The molecule has 0 radical (unpaired) electrons. The normalized spacial score (nSPS) is 16.1. The number of fused-ring (bicyclic) bond motifs is 1. The molecule has 0 amide bonds. The van der Waals surface area contributed by atoms with Crippen LogP contribution in [-0.2, 0) is 0 Å². The highest BCUT2D eigenvalue weighted by atomic mass is 35.5. The maximum Gasteiger partial charge on any atom is 0.258 e. The minimum absolute atomic E-state index is 0.0952. The smallest absolute Gasteiger partial charge is 0.258 e. The maximum absolute atomic E-state index is 12.4. The van der Waals surface area contributed by atoms with Gasteiger partial charge >= 0.3 is 0 Å². The zero-order chi connectivity index (χ0) is 12.0. The lowest BCUT2D eigenvalue weighted by Crippen LogP contribution is -2.28. The number of nitrogens with zero attached hydrogens (tertiary/aromatic N) is 1. The Labute approximate surface area is 105 Å². The third kappa shape index (κ3) is 1.67. The Kier molecular flexibility index (Phi) is 2.48. The van der Waals surface area contributed by atoms with Gasteiger partial charge in [0.1, 0.15) is 0 Å². The summed E-state index contributed by atoms with van der Waals surface area (Å²) in [6, 6.07) is 5.94. The average Bonchev–Trinajstić information content (AvgIpc) is 2.23. The first-order chi connectivity index (χ1) is 8.16. The molecule has 0 spiro atoms. The van der Waals surface area contributed by atoms with Crippen molar-refractivity contribution in [3.05, 3.63) is 45.3 Å². The fourth-order valence-corrected chi connectivity index (χ4v) is 2.62. The van der Waals surface area contributed by atoms with E-state index in [0.717, 1.165) is 29.2 Å². The van der Waals surface area contributed by atoms with E-state index in [1.54, 1.807) is 6.07 Å². The van der Waals surface area contributed by atoms with Crippen molar-refractivity contribution >= 4 is 22.4 Å². The largest absolute Gasteiger partial charge is 0.312 e. The number of hydrogen-bond acceptors (Lipinski definition) is 1. The number of benzene rings is 1. The van der Waals surface area contributed by atoms with Crippen molar-refractivity contribution in [3.8, 4) is 0 Å². The molecule has 1 fully saturated rings. The summed E-state index contributed by atoms with van der Waals surface area (Å²) in [5.41, 5.74) is 1.24. The molecule has 17 heavy (non-hydrogen) atoms. The lowest BCUT2D eigenvalue weighted by atomic mass is 9.92. The number of hydrogen-bond donors (Lipinski definition) is 0. The predicted molar refractivity (Wildman–Crippen MR) is 70.8 cm³/mol. The molecule has 1 aromatic carbocycles. The maximum atomic E-state index is 12.4. The highest BCUT2D eigenvalue weighted by Gasteiger charge is 2.21. The van der Waals surface area contributed by atoms with Crippen LogP contribution in [0, 0.1) is 6.92 Å². The van der Waals surface area contributed by atoms with Crippen LogP contribution in [0.3, 0.4) is 0 Å². The van der Waals surface area contributed by atoms with Gasteiger partial charge in [-0.3, -0.25) is 4.79 Å². The monoisotopic (exact) mass is 247 g/mol. The number of rotatable bonds is 1. The topological polar surface area (TPSA) is 22.0 Å². The summed E-state index contributed by atoms with van der Waals surface area (Å²) in [6.07, 6.45) is 5.45. The molecule has 1 heterocycles. The molecule has 0 N–H and O–H groups in total. The van der Waals surface area contributed by atoms with Crippen LogP contribution in [0.5, 0.6) is 0 Å². The lowest BCUT2D eigenvalue weighted by Gasteiger charge is -2.28. The molecule has 3 rings (SSSR count). The Balaban J connectivity index is 2.32. The first kappa shape index (κ1) is 10.8. The molecular weight excluding hydrogens is 234 g/mol. The number of aromatic nitrogens is 1. The van der Waals surface area contributed by atoms with E-state index >= 15 is 0 Å². The molecule has 1 aliphatic rings. The molecule has 3 heteroatoms. The summed E-state index contributed by atoms with van der Waals surface area (Å²) >= 11 is 5.97. The molecule has 0 unspecified atom stereocenters. The molecule has 1 aromatic heterocycles. The van der Waals surface area contributed by atoms with Crippen LogP contribution >= 0.6 is 11.6 Å².